The average Bonchev–Trinajstić information content (AvgIpc) is 2.41. The normalized spacial score (nSPS) is 11.0. The highest BCUT2D eigenvalue weighted by Gasteiger charge is 2.07. The summed E-state index contributed by atoms with van der Waals surface area (Å²) < 4.78 is 5.12. The molecule has 2 N–H and O–H groups in total. The van der Waals surface area contributed by atoms with E-state index in [4.69, 9.17) is 10.5 Å². The topological polar surface area (TPSA) is 52.3 Å². The van der Waals surface area contributed by atoms with Gasteiger partial charge in [0.25, 0.3) is 0 Å². The van der Waals surface area contributed by atoms with Crippen LogP contribution in [0.15, 0.2) is 66.4 Å². The van der Waals surface area contributed by atoms with Crippen molar-refractivity contribution in [2.24, 2.45) is 5.73 Å². The molecule has 0 aliphatic heterocycles. The van der Waals surface area contributed by atoms with E-state index in [1.54, 1.807) is 30.3 Å². The van der Waals surface area contributed by atoms with Crippen molar-refractivity contribution in [2.75, 3.05) is 0 Å². The van der Waals surface area contributed by atoms with Crippen LogP contribution in [0.1, 0.15) is 5.56 Å². The Bertz CT molecular complexity index is 547. The van der Waals surface area contributed by atoms with Crippen LogP contribution in [0.4, 0.5) is 0 Å². The summed E-state index contributed by atoms with van der Waals surface area (Å²) in [5.74, 6) is -0.0723. The third-order valence-electron chi connectivity index (χ3n) is 2.31. The van der Waals surface area contributed by atoms with Gasteiger partial charge in [0, 0.05) is 0 Å². The van der Waals surface area contributed by atoms with Gasteiger partial charge in [-0.3, -0.25) is 0 Å². The van der Waals surface area contributed by atoms with E-state index < -0.39 is 5.97 Å². The van der Waals surface area contributed by atoms with Gasteiger partial charge in [0.1, 0.15) is 11.4 Å². The van der Waals surface area contributed by atoms with Crippen LogP contribution in [0.5, 0.6) is 5.75 Å². The minimum absolute atomic E-state index is 0.0741. The summed E-state index contributed by atoms with van der Waals surface area (Å²) in [6, 6.07) is 18.2. The zero-order valence-electron chi connectivity index (χ0n) is 9.74. The van der Waals surface area contributed by atoms with Crippen molar-refractivity contribution in [3.8, 4) is 5.75 Å². The quantitative estimate of drug-likeness (QED) is 0.509. The Balaban J connectivity index is 2.08. The van der Waals surface area contributed by atoms with Gasteiger partial charge >= 0.3 is 5.97 Å². The van der Waals surface area contributed by atoms with Gasteiger partial charge in [0.15, 0.2) is 0 Å². The summed E-state index contributed by atoms with van der Waals surface area (Å²) >= 11 is 0. The number of hydrogen-bond acceptors (Lipinski definition) is 3. The minimum atomic E-state index is -0.551. The number of rotatable bonds is 3. The summed E-state index contributed by atoms with van der Waals surface area (Å²) in [4.78, 5) is 11.7. The Morgan fingerprint density at radius 1 is 0.944 bits per heavy atom. The number of carbonyl (C=O) groups excluding carboxylic acids is 1. The highest BCUT2D eigenvalue weighted by molar-refractivity contribution is 5.93. The van der Waals surface area contributed by atoms with Crippen LogP contribution >= 0.6 is 0 Å². The van der Waals surface area contributed by atoms with E-state index in [0.717, 1.165) is 5.56 Å². The van der Waals surface area contributed by atoms with Crippen molar-refractivity contribution in [3.05, 3.63) is 71.9 Å². The van der Waals surface area contributed by atoms with Crippen molar-refractivity contribution in [1.29, 1.82) is 0 Å². The molecule has 0 aliphatic rings. The molecule has 0 saturated carbocycles. The Kier molecular flexibility index (Phi) is 3.76. The van der Waals surface area contributed by atoms with Crippen LogP contribution in [0, 0.1) is 0 Å². The number of hydrogen-bond donors (Lipinski definition) is 1. The zero-order chi connectivity index (χ0) is 12.8. The fraction of sp³-hybridized carbons (Fsp3) is 0. The van der Waals surface area contributed by atoms with Crippen LogP contribution in [0.3, 0.4) is 0 Å². The zero-order valence-corrected chi connectivity index (χ0v) is 9.74. The average molecular weight is 239 g/mol. The largest absolute Gasteiger partial charge is 0.422 e. The van der Waals surface area contributed by atoms with Gasteiger partial charge in [-0.05, 0) is 23.8 Å². The molecule has 18 heavy (non-hydrogen) atoms. The van der Waals surface area contributed by atoms with Gasteiger partial charge in [0.2, 0.25) is 0 Å². The monoisotopic (exact) mass is 239 g/mol. The van der Waals surface area contributed by atoms with Gasteiger partial charge in [-0.2, -0.15) is 0 Å². The molecule has 0 aliphatic carbocycles. The third-order valence-corrected chi connectivity index (χ3v) is 2.31. The molecular formula is C15H13NO2. The predicted octanol–water partition coefficient (Wildman–Crippen LogP) is 2.59. The van der Waals surface area contributed by atoms with Crippen molar-refractivity contribution >= 4 is 12.0 Å². The molecule has 0 atom stereocenters. The lowest BCUT2D eigenvalue weighted by atomic mass is 10.2. The van der Waals surface area contributed by atoms with Crippen LogP contribution in [0.25, 0.3) is 6.08 Å². The second-order valence-corrected chi connectivity index (χ2v) is 3.71. The molecule has 0 amide bonds. The highest BCUT2D eigenvalue weighted by atomic mass is 16.5. The molecule has 2 aromatic rings. The van der Waals surface area contributed by atoms with Gasteiger partial charge < -0.3 is 10.5 Å². The second kappa shape index (κ2) is 5.68. The lowest BCUT2D eigenvalue weighted by Crippen LogP contribution is -2.17. The molecule has 0 saturated heterocycles. The Labute approximate surface area is 106 Å². The molecule has 0 bridgehead atoms. The Morgan fingerprint density at radius 2 is 1.50 bits per heavy atom. The summed E-state index contributed by atoms with van der Waals surface area (Å²) in [7, 11) is 0. The SMILES string of the molecule is NC(=Cc1ccccc1)C(=O)Oc1ccccc1. The van der Waals surface area contributed by atoms with Crippen molar-refractivity contribution in [1.82, 2.24) is 0 Å². The van der Waals surface area contributed by atoms with Gasteiger partial charge in [-0.1, -0.05) is 48.5 Å². The van der Waals surface area contributed by atoms with Gasteiger partial charge in [-0.25, -0.2) is 4.79 Å². The molecule has 3 heteroatoms. The first-order valence-corrected chi connectivity index (χ1v) is 5.55. The first-order valence-electron chi connectivity index (χ1n) is 5.55. The molecule has 0 aromatic heterocycles. The van der Waals surface area contributed by atoms with Crippen LogP contribution < -0.4 is 10.5 Å². The van der Waals surface area contributed by atoms with E-state index in [1.807, 2.05) is 36.4 Å². The molecule has 0 heterocycles. The molecule has 0 spiro atoms. The fourth-order valence-electron chi connectivity index (χ4n) is 1.44. The molecular weight excluding hydrogens is 226 g/mol. The maximum Gasteiger partial charge on any atom is 0.359 e. The number of nitrogens with two attached hydrogens (primary N) is 1. The first kappa shape index (κ1) is 11.9. The van der Waals surface area contributed by atoms with E-state index >= 15 is 0 Å². The molecule has 0 unspecified atom stereocenters. The summed E-state index contributed by atoms with van der Waals surface area (Å²) in [5.41, 5.74) is 6.62. The van der Waals surface area contributed by atoms with E-state index in [-0.39, 0.29) is 5.70 Å². The van der Waals surface area contributed by atoms with E-state index in [0.29, 0.717) is 5.75 Å². The first-order chi connectivity index (χ1) is 8.75. The minimum Gasteiger partial charge on any atom is -0.422 e. The second-order valence-electron chi connectivity index (χ2n) is 3.71. The molecule has 3 nitrogen and oxygen atoms in total. The standard InChI is InChI=1S/C15H13NO2/c16-14(11-12-7-3-1-4-8-12)15(17)18-13-9-5-2-6-10-13/h1-11H,16H2. The van der Waals surface area contributed by atoms with Crippen molar-refractivity contribution < 1.29 is 9.53 Å². The summed E-state index contributed by atoms with van der Waals surface area (Å²) in [5, 5.41) is 0. The number of ether oxygens (including phenoxy) is 1. The highest BCUT2D eigenvalue weighted by Crippen LogP contribution is 2.11. The molecule has 0 fully saturated rings. The Morgan fingerprint density at radius 3 is 2.11 bits per heavy atom. The molecule has 2 rings (SSSR count). The third kappa shape index (κ3) is 3.22. The van der Waals surface area contributed by atoms with Crippen LogP contribution in [-0.4, -0.2) is 5.97 Å². The van der Waals surface area contributed by atoms with E-state index in [2.05, 4.69) is 0 Å². The van der Waals surface area contributed by atoms with Crippen LogP contribution in [-0.2, 0) is 4.79 Å². The molecule has 90 valence electrons. The fourth-order valence-corrected chi connectivity index (χ4v) is 1.44. The molecule has 2 aromatic carbocycles. The number of esters is 1. The predicted molar refractivity (Wildman–Crippen MR) is 70.7 cm³/mol. The van der Waals surface area contributed by atoms with Crippen molar-refractivity contribution in [3.63, 3.8) is 0 Å². The lowest BCUT2D eigenvalue weighted by Gasteiger charge is -2.03. The van der Waals surface area contributed by atoms with Crippen LogP contribution in [0.2, 0.25) is 0 Å². The molecule has 0 radical (unpaired) electrons. The number of benzene rings is 2. The summed E-state index contributed by atoms with van der Waals surface area (Å²) in [6.07, 6.45) is 1.59. The number of para-hydroxylation sites is 1. The maximum absolute atomic E-state index is 11.7. The Hall–Kier alpha value is -2.55. The van der Waals surface area contributed by atoms with E-state index in [1.165, 1.54) is 0 Å². The lowest BCUT2D eigenvalue weighted by molar-refractivity contribution is -0.130. The van der Waals surface area contributed by atoms with E-state index in [9.17, 15) is 4.79 Å². The maximum atomic E-state index is 11.7. The summed E-state index contributed by atoms with van der Waals surface area (Å²) in [6.45, 7) is 0. The van der Waals surface area contributed by atoms with Crippen molar-refractivity contribution in [2.45, 2.75) is 0 Å². The smallest absolute Gasteiger partial charge is 0.359 e. The van der Waals surface area contributed by atoms with Gasteiger partial charge in [0.05, 0.1) is 0 Å². The van der Waals surface area contributed by atoms with Gasteiger partial charge in [-0.15, -0.1) is 0 Å². The number of carbonyl (C=O) groups is 1.